The molecular weight excluding hydrogens is 340 g/mol. The molecule has 0 saturated heterocycles. The summed E-state index contributed by atoms with van der Waals surface area (Å²) < 4.78 is 3.53. The van der Waals surface area contributed by atoms with Crippen LogP contribution in [0.4, 0.5) is 0 Å². The molecule has 0 bridgehead atoms. The van der Waals surface area contributed by atoms with Gasteiger partial charge in [-0.15, -0.1) is 0 Å². The van der Waals surface area contributed by atoms with Gasteiger partial charge in [-0.3, -0.25) is 0 Å². The van der Waals surface area contributed by atoms with Gasteiger partial charge < -0.3 is 9.55 Å². The molecular formula is C18H32N2S3. The summed E-state index contributed by atoms with van der Waals surface area (Å²) in [5.41, 5.74) is 0. The molecule has 2 nitrogen and oxygen atoms in total. The van der Waals surface area contributed by atoms with Gasteiger partial charge in [-0.05, 0) is 55.1 Å². The van der Waals surface area contributed by atoms with Crippen molar-refractivity contribution in [3.05, 3.63) is 21.7 Å². The molecule has 5 heteroatoms. The molecule has 0 aromatic carbocycles. The number of hydrogen-bond acceptors (Lipinski definition) is 3. The summed E-state index contributed by atoms with van der Waals surface area (Å²) in [6.45, 7) is 10.4. The molecule has 1 rings (SSSR count). The molecule has 0 amide bonds. The number of nitrogens with zero attached hydrogens (tertiary/aromatic N) is 1. The summed E-state index contributed by atoms with van der Waals surface area (Å²) in [5, 5.41) is 0.820. The molecule has 1 unspecified atom stereocenters. The molecule has 0 fully saturated rings. The highest BCUT2D eigenvalue weighted by atomic mass is 32.2. The monoisotopic (exact) mass is 372 g/mol. The number of aromatic amines is 1. The molecule has 23 heavy (non-hydrogen) atoms. The minimum absolute atomic E-state index is 0.712. The van der Waals surface area contributed by atoms with Crippen LogP contribution in [0.5, 0.6) is 0 Å². The maximum atomic E-state index is 5.28. The lowest BCUT2D eigenvalue weighted by Crippen LogP contribution is -2.14. The quantitative estimate of drug-likeness (QED) is 0.347. The Morgan fingerprint density at radius 1 is 1.09 bits per heavy atom. The van der Waals surface area contributed by atoms with Crippen molar-refractivity contribution in [2.45, 2.75) is 71.6 Å². The molecule has 0 saturated carbocycles. The van der Waals surface area contributed by atoms with E-state index in [-0.39, 0.29) is 0 Å². The molecule has 0 aliphatic carbocycles. The van der Waals surface area contributed by atoms with E-state index in [1.807, 2.05) is 12.3 Å². The van der Waals surface area contributed by atoms with E-state index >= 15 is 0 Å². The minimum Gasteiger partial charge on any atom is -0.325 e. The van der Waals surface area contributed by atoms with Crippen LogP contribution in [0.25, 0.3) is 0 Å². The number of H-pyrrole nitrogens is 1. The first kappa shape index (κ1) is 20.9. The minimum atomic E-state index is 0.712. The topological polar surface area (TPSA) is 20.7 Å². The number of hydrogen-bond donors (Lipinski definition) is 1. The number of aromatic nitrogens is 2. The highest BCUT2D eigenvalue weighted by Gasteiger charge is 2.14. The van der Waals surface area contributed by atoms with Gasteiger partial charge in [0, 0.05) is 18.0 Å². The first-order chi connectivity index (χ1) is 10.9. The Hall–Kier alpha value is -0.130. The van der Waals surface area contributed by atoms with Crippen LogP contribution in [-0.4, -0.2) is 20.6 Å². The zero-order valence-electron chi connectivity index (χ0n) is 15.0. The zero-order chi connectivity index (χ0) is 17.2. The van der Waals surface area contributed by atoms with E-state index in [9.17, 15) is 0 Å². The van der Waals surface area contributed by atoms with Gasteiger partial charge in [-0.1, -0.05) is 52.8 Å². The lowest BCUT2D eigenvalue weighted by molar-refractivity contribution is 0.489. The number of nitrogens with one attached hydrogen (secondary N) is 1. The smallest absolute Gasteiger partial charge is 0.178 e. The average Bonchev–Trinajstić information content (AvgIpc) is 2.46. The Morgan fingerprint density at radius 2 is 1.78 bits per heavy atom. The van der Waals surface area contributed by atoms with E-state index in [4.69, 9.17) is 24.4 Å². The van der Waals surface area contributed by atoms with E-state index in [1.165, 1.54) is 37.9 Å². The molecule has 1 aromatic heterocycles. The maximum Gasteiger partial charge on any atom is 0.178 e. The second kappa shape index (κ2) is 11.4. The summed E-state index contributed by atoms with van der Waals surface area (Å²) in [7, 11) is 0. The van der Waals surface area contributed by atoms with Crippen molar-refractivity contribution < 1.29 is 0 Å². The molecule has 0 radical (unpaired) electrons. The Bertz CT molecular complexity index is 546. The fraction of sp³-hybridized carbons (Fsp3) is 0.778. The van der Waals surface area contributed by atoms with Crippen LogP contribution in [0.15, 0.2) is 12.3 Å². The third kappa shape index (κ3) is 9.06. The fourth-order valence-electron chi connectivity index (χ4n) is 2.59. The normalized spacial score (nSPS) is 13.0. The van der Waals surface area contributed by atoms with Crippen molar-refractivity contribution in [2.75, 3.05) is 5.75 Å². The van der Waals surface area contributed by atoms with E-state index in [1.54, 1.807) is 0 Å². The first-order valence-electron chi connectivity index (χ1n) is 8.81. The van der Waals surface area contributed by atoms with Crippen LogP contribution in [0, 0.1) is 21.2 Å². The van der Waals surface area contributed by atoms with Crippen LogP contribution in [-0.2, 0) is 6.54 Å². The summed E-state index contributed by atoms with van der Waals surface area (Å²) in [5.74, 6) is 2.89. The van der Waals surface area contributed by atoms with Gasteiger partial charge in [0.2, 0.25) is 0 Å². The standard InChI is InChI=1S/C18H32N2S3/c1-14(2)13-16(15(3)4)23-12-8-6-5-7-10-20-11-9-17(21)19-18(20)22/h9,11,14-16H,5-8,10,12-13H2,1-4H3,(H,19,21,22). The molecule has 0 spiro atoms. The Morgan fingerprint density at radius 3 is 2.39 bits per heavy atom. The van der Waals surface area contributed by atoms with Gasteiger partial charge in [0.1, 0.15) is 4.64 Å². The number of aryl methyl sites for hydroxylation is 1. The Kier molecular flexibility index (Phi) is 10.4. The summed E-state index contributed by atoms with van der Waals surface area (Å²) in [6, 6.07) is 1.91. The lowest BCUT2D eigenvalue weighted by Gasteiger charge is -2.22. The average molecular weight is 373 g/mol. The number of unbranched alkanes of at least 4 members (excludes halogenated alkanes) is 3. The van der Waals surface area contributed by atoms with Gasteiger partial charge >= 0.3 is 0 Å². The van der Waals surface area contributed by atoms with Crippen molar-refractivity contribution in [1.82, 2.24) is 9.55 Å². The molecule has 1 aromatic rings. The SMILES string of the molecule is CC(C)CC(SCCCCCCn1ccc(=S)[nH]c1=S)C(C)C. The fourth-order valence-corrected chi connectivity index (χ4v) is 4.65. The van der Waals surface area contributed by atoms with Gasteiger partial charge in [0.15, 0.2) is 4.77 Å². The second-order valence-electron chi connectivity index (χ2n) is 7.00. The van der Waals surface area contributed by atoms with E-state index in [0.29, 0.717) is 4.64 Å². The molecule has 1 heterocycles. The predicted octanol–water partition coefficient (Wildman–Crippen LogP) is 6.64. The van der Waals surface area contributed by atoms with Crippen molar-refractivity contribution in [3.8, 4) is 0 Å². The molecule has 1 atom stereocenters. The highest BCUT2D eigenvalue weighted by molar-refractivity contribution is 7.99. The van der Waals surface area contributed by atoms with Crippen LogP contribution < -0.4 is 0 Å². The number of rotatable bonds is 11. The van der Waals surface area contributed by atoms with Crippen LogP contribution >= 0.6 is 36.2 Å². The third-order valence-corrected chi connectivity index (χ3v) is 6.23. The summed E-state index contributed by atoms with van der Waals surface area (Å²) in [4.78, 5) is 3.03. The van der Waals surface area contributed by atoms with Crippen LogP contribution in [0.2, 0.25) is 0 Å². The first-order valence-corrected chi connectivity index (χ1v) is 10.7. The number of thioether (sulfide) groups is 1. The van der Waals surface area contributed by atoms with E-state index < -0.39 is 0 Å². The molecule has 0 aliphatic heterocycles. The van der Waals surface area contributed by atoms with Crippen molar-refractivity contribution >= 4 is 36.2 Å². The van der Waals surface area contributed by atoms with Gasteiger partial charge in [-0.25, -0.2) is 0 Å². The summed E-state index contributed by atoms with van der Waals surface area (Å²) in [6.07, 6.45) is 8.44. The van der Waals surface area contributed by atoms with Gasteiger partial charge in [-0.2, -0.15) is 11.8 Å². The third-order valence-electron chi connectivity index (χ3n) is 3.97. The lowest BCUT2D eigenvalue weighted by atomic mass is 10.0. The Balaban J connectivity index is 2.15. The van der Waals surface area contributed by atoms with Gasteiger partial charge in [0.25, 0.3) is 0 Å². The van der Waals surface area contributed by atoms with Crippen molar-refractivity contribution in [3.63, 3.8) is 0 Å². The summed E-state index contributed by atoms with van der Waals surface area (Å²) >= 11 is 12.5. The molecule has 0 aliphatic rings. The maximum absolute atomic E-state index is 5.28. The highest BCUT2D eigenvalue weighted by Crippen LogP contribution is 2.27. The van der Waals surface area contributed by atoms with Crippen molar-refractivity contribution in [1.29, 1.82) is 0 Å². The van der Waals surface area contributed by atoms with Crippen LogP contribution in [0.3, 0.4) is 0 Å². The molecule has 1 N–H and O–H groups in total. The Labute approximate surface area is 156 Å². The predicted molar refractivity (Wildman–Crippen MR) is 109 cm³/mol. The zero-order valence-corrected chi connectivity index (χ0v) is 17.5. The van der Waals surface area contributed by atoms with Gasteiger partial charge in [0.05, 0.1) is 0 Å². The van der Waals surface area contributed by atoms with E-state index in [2.05, 4.69) is 49.0 Å². The van der Waals surface area contributed by atoms with E-state index in [0.717, 1.165) is 28.4 Å². The van der Waals surface area contributed by atoms with Crippen molar-refractivity contribution in [2.24, 2.45) is 11.8 Å². The van der Waals surface area contributed by atoms with Crippen LogP contribution in [0.1, 0.15) is 59.8 Å². The second-order valence-corrected chi connectivity index (χ2v) is 9.17. The molecule has 132 valence electrons. The largest absolute Gasteiger partial charge is 0.325 e.